The second kappa shape index (κ2) is 7.69. The fourth-order valence-electron chi connectivity index (χ4n) is 5.40. The Morgan fingerprint density at radius 1 is 1.25 bits per heavy atom. The van der Waals surface area contributed by atoms with Crippen LogP contribution in [0, 0.1) is 29.1 Å². The van der Waals surface area contributed by atoms with Gasteiger partial charge in [-0.1, -0.05) is 60.5 Å². The minimum Gasteiger partial charge on any atom is -0.544 e. The SMILES string of the molecule is C#CCO[C@@H]1C[C@H]2C(C)(C)CCC[C@]2(C)C(C(=C)O[Si](C)(C)C(C)(C)C)=C1C. The highest BCUT2D eigenvalue weighted by Crippen LogP contribution is 2.61. The average molecular weight is 403 g/mol. The normalized spacial score (nSPS) is 30.4. The quantitative estimate of drug-likeness (QED) is 0.277. The third kappa shape index (κ3) is 4.14. The van der Waals surface area contributed by atoms with Crippen molar-refractivity contribution < 1.29 is 9.16 Å². The van der Waals surface area contributed by atoms with E-state index in [0.29, 0.717) is 12.5 Å². The van der Waals surface area contributed by atoms with Gasteiger partial charge in [-0.25, -0.2) is 0 Å². The molecule has 0 N–H and O–H groups in total. The van der Waals surface area contributed by atoms with Gasteiger partial charge < -0.3 is 9.16 Å². The zero-order valence-corrected chi connectivity index (χ0v) is 20.8. The second-order valence-corrected chi connectivity index (χ2v) is 16.1. The standard InChI is InChI=1S/C25H42O2Si/c1-12-16-26-20-17-21-24(7,8)14-13-15-25(21,9)22(18(20)2)19(3)27-28(10,11)23(4,5)6/h1,20-21H,3,13-17H2,2,4-11H3/t20-,21+,25+/m1/s1. The van der Waals surface area contributed by atoms with Crippen LogP contribution in [0.5, 0.6) is 0 Å². The van der Waals surface area contributed by atoms with Crippen LogP contribution in [0.1, 0.15) is 74.1 Å². The molecule has 0 spiro atoms. The molecular weight excluding hydrogens is 360 g/mol. The summed E-state index contributed by atoms with van der Waals surface area (Å²) in [6.07, 6.45) is 10.3. The van der Waals surface area contributed by atoms with E-state index in [4.69, 9.17) is 15.6 Å². The molecule has 2 aliphatic rings. The minimum absolute atomic E-state index is 0.0567. The first-order valence-electron chi connectivity index (χ1n) is 10.8. The number of ether oxygens (including phenoxy) is 1. The van der Waals surface area contributed by atoms with Crippen LogP contribution in [0.25, 0.3) is 0 Å². The fraction of sp³-hybridized carbons (Fsp3) is 0.760. The van der Waals surface area contributed by atoms with Crippen LogP contribution in [0.2, 0.25) is 18.1 Å². The maximum atomic E-state index is 6.74. The van der Waals surface area contributed by atoms with E-state index in [1.165, 1.54) is 30.4 Å². The summed E-state index contributed by atoms with van der Waals surface area (Å²) >= 11 is 0. The van der Waals surface area contributed by atoms with E-state index in [-0.39, 0.29) is 22.0 Å². The van der Waals surface area contributed by atoms with Gasteiger partial charge in [0.05, 0.1) is 11.9 Å². The Morgan fingerprint density at radius 3 is 2.39 bits per heavy atom. The molecule has 1 saturated carbocycles. The van der Waals surface area contributed by atoms with Crippen molar-refractivity contribution in [1.29, 1.82) is 0 Å². The Bertz CT molecular complexity index is 686. The van der Waals surface area contributed by atoms with Crippen LogP contribution in [0.3, 0.4) is 0 Å². The summed E-state index contributed by atoms with van der Waals surface area (Å²) in [6.45, 7) is 25.8. The summed E-state index contributed by atoms with van der Waals surface area (Å²) in [7, 11) is -1.96. The summed E-state index contributed by atoms with van der Waals surface area (Å²) < 4.78 is 12.9. The minimum atomic E-state index is -1.96. The van der Waals surface area contributed by atoms with Crippen molar-refractivity contribution in [3.05, 3.63) is 23.5 Å². The molecular formula is C25H42O2Si. The fourth-order valence-corrected chi connectivity index (χ4v) is 6.42. The van der Waals surface area contributed by atoms with Gasteiger partial charge >= 0.3 is 0 Å². The van der Waals surface area contributed by atoms with E-state index in [2.05, 4.69) is 74.1 Å². The van der Waals surface area contributed by atoms with Crippen molar-refractivity contribution in [3.8, 4) is 12.3 Å². The van der Waals surface area contributed by atoms with Crippen LogP contribution in [0.4, 0.5) is 0 Å². The predicted octanol–water partition coefficient (Wildman–Crippen LogP) is 7.09. The Labute approximate surface area is 175 Å². The molecule has 0 amide bonds. The highest BCUT2D eigenvalue weighted by Gasteiger charge is 2.54. The molecule has 2 aliphatic carbocycles. The molecule has 0 heterocycles. The molecule has 3 atom stereocenters. The molecule has 0 aromatic rings. The molecule has 0 aromatic heterocycles. The predicted molar refractivity (Wildman–Crippen MR) is 123 cm³/mol. The van der Waals surface area contributed by atoms with Crippen molar-refractivity contribution >= 4 is 8.32 Å². The summed E-state index contributed by atoms with van der Waals surface area (Å²) in [4.78, 5) is 0. The molecule has 0 aliphatic heterocycles. The summed E-state index contributed by atoms with van der Waals surface area (Å²) in [5.74, 6) is 4.06. The van der Waals surface area contributed by atoms with E-state index < -0.39 is 8.32 Å². The topological polar surface area (TPSA) is 18.5 Å². The molecule has 0 bridgehead atoms. The summed E-state index contributed by atoms with van der Waals surface area (Å²) in [6, 6.07) is 0. The van der Waals surface area contributed by atoms with Crippen molar-refractivity contribution in [2.24, 2.45) is 16.7 Å². The molecule has 1 fully saturated rings. The van der Waals surface area contributed by atoms with Crippen molar-refractivity contribution in [1.82, 2.24) is 0 Å². The lowest BCUT2D eigenvalue weighted by molar-refractivity contribution is -0.0354. The molecule has 2 rings (SSSR count). The number of fused-ring (bicyclic) bond motifs is 1. The molecule has 0 unspecified atom stereocenters. The van der Waals surface area contributed by atoms with Crippen LogP contribution in [-0.2, 0) is 9.16 Å². The maximum absolute atomic E-state index is 6.74. The lowest BCUT2D eigenvalue weighted by atomic mass is 9.49. The smallest absolute Gasteiger partial charge is 0.250 e. The van der Waals surface area contributed by atoms with E-state index >= 15 is 0 Å². The first-order chi connectivity index (χ1) is 12.7. The zero-order valence-electron chi connectivity index (χ0n) is 19.8. The van der Waals surface area contributed by atoms with Gasteiger partial charge in [-0.05, 0) is 72.2 Å². The van der Waals surface area contributed by atoms with Gasteiger partial charge in [-0.3, -0.25) is 0 Å². The molecule has 3 heteroatoms. The molecule has 2 nitrogen and oxygen atoms in total. The van der Waals surface area contributed by atoms with Gasteiger partial charge in [-0.2, -0.15) is 0 Å². The van der Waals surface area contributed by atoms with Gasteiger partial charge in [-0.15, -0.1) is 6.42 Å². The number of rotatable bonds is 5. The molecule has 0 radical (unpaired) electrons. The van der Waals surface area contributed by atoms with E-state index in [1.807, 2.05) is 0 Å². The average Bonchev–Trinajstić information content (AvgIpc) is 2.51. The molecule has 0 aromatic carbocycles. The van der Waals surface area contributed by atoms with Gasteiger partial charge in [0.25, 0.3) is 0 Å². The maximum Gasteiger partial charge on any atom is 0.250 e. The summed E-state index contributed by atoms with van der Waals surface area (Å²) in [5.41, 5.74) is 2.94. The van der Waals surface area contributed by atoms with E-state index in [9.17, 15) is 0 Å². The Kier molecular flexibility index (Phi) is 6.40. The Hall–Kier alpha value is -0.983. The lowest BCUT2D eigenvalue weighted by Gasteiger charge is -2.57. The highest BCUT2D eigenvalue weighted by molar-refractivity contribution is 6.74. The third-order valence-electron chi connectivity index (χ3n) is 7.96. The van der Waals surface area contributed by atoms with Gasteiger partial charge in [0, 0.05) is 0 Å². The molecule has 158 valence electrons. The number of terminal acetylenes is 1. The first-order valence-corrected chi connectivity index (χ1v) is 13.7. The first kappa shape index (κ1) is 23.3. The van der Waals surface area contributed by atoms with Gasteiger partial charge in [0.1, 0.15) is 6.61 Å². The highest BCUT2D eigenvalue weighted by atomic mass is 28.4. The molecule has 0 saturated heterocycles. The zero-order chi connectivity index (χ0) is 21.5. The van der Waals surface area contributed by atoms with Crippen LogP contribution < -0.4 is 0 Å². The summed E-state index contributed by atoms with van der Waals surface area (Å²) in [5, 5.41) is 0.143. The van der Waals surface area contributed by atoms with Crippen molar-refractivity contribution in [3.63, 3.8) is 0 Å². The Morgan fingerprint density at radius 2 is 1.86 bits per heavy atom. The number of hydrogen-bond donors (Lipinski definition) is 0. The van der Waals surface area contributed by atoms with E-state index in [1.54, 1.807) is 0 Å². The lowest BCUT2D eigenvalue weighted by Crippen LogP contribution is -2.50. The van der Waals surface area contributed by atoms with Crippen molar-refractivity contribution in [2.75, 3.05) is 6.61 Å². The van der Waals surface area contributed by atoms with Crippen LogP contribution >= 0.6 is 0 Å². The number of hydrogen-bond acceptors (Lipinski definition) is 2. The second-order valence-electron chi connectivity index (χ2n) is 11.4. The van der Waals surface area contributed by atoms with Gasteiger partial charge in [0.15, 0.2) is 0 Å². The third-order valence-corrected chi connectivity index (χ3v) is 12.3. The largest absolute Gasteiger partial charge is 0.544 e. The molecule has 28 heavy (non-hydrogen) atoms. The van der Waals surface area contributed by atoms with Crippen LogP contribution in [-0.4, -0.2) is 21.0 Å². The van der Waals surface area contributed by atoms with E-state index in [0.717, 1.165) is 12.2 Å². The van der Waals surface area contributed by atoms with Crippen LogP contribution in [0.15, 0.2) is 23.5 Å². The number of allylic oxidation sites excluding steroid dienone is 1. The monoisotopic (exact) mass is 402 g/mol. The Balaban J connectivity index is 2.52. The van der Waals surface area contributed by atoms with Gasteiger partial charge in [0.2, 0.25) is 8.32 Å². The van der Waals surface area contributed by atoms with Crippen molar-refractivity contribution in [2.45, 2.75) is 98.4 Å².